The number of aromatic nitrogens is 1. The smallest absolute Gasteiger partial charge is 0.143 e. The van der Waals surface area contributed by atoms with E-state index in [-0.39, 0.29) is 6.17 Å². The molecule has 1 aromatic heterocycles. The predicted octanol–water partition coefficient (Wildman–Crippen LogP) is 3.38. The van der Waals surface area contributed by atoms with Gasteiger partial charge in [0.05, 0.1) is 5.69 Å². The fourth-order valence-electron chi connectivity index (χ4n) is 3.53. The maximum absolute atomic E-state index is 9.76. The Balaban J connectivity index is 1.93. The van der Waals surface area contributed by atoms with Gasteiger partial charge in [-0.3, -0.25) is 0 Å². The predicted molar refractivity (Wildman–Crippen MR) is 88.2 cm³/mol. The van der Waals surface area contributed by atoms with Crippen LogP contribution < -0.4 is 10.4 Å². The van der Waals surface area contributed by atoms with E-state index in [1.165, 1.54) is 16.5 Å². The summed E-state index contributed by atoms with van der Waals surface area (Å²) in [4.78, 5) is 5.57. The first kappa shape index (κ1) is 13.4. The number of hydrogen-bond donors (Lipinski definition) is 3. The topological polar surface area (TPSA) is 51.3 Å². The maximum atomic E-state index is 9.76. The van der Waals surface area contributed by atoms with Crippen molar-refractivity contribution in [2.75, 3.05) is 11.9 Å². The second kappa shape index (κ2) is 5.16. The highest BCUT2D eigenvalue weighted by atomic mass is 16.5. The summed E-state index contributed by atoms with van der Waals surface area (Å²) in [6.07, 6.45) is 1.67. The number of H-pyrrole nitrogens is 1. The standard InChI is InChI=1S/C18H19N3O/c1-21-16-9-5-2-6-12(16)10-11-14-13-7-3-4-8-15(13)19-17(14)18(21)20-22/h2-9,18-20,22H,10-11H2,1H3. The van der Waals surface area contributed by atoms with Crippen molar-refractivity contribution in [2.45, 2.75) is 19.0 Å². The average Bonchev–Trinajstić information content (AvgIpc) is 2.90. The van der Waals surface area contributed by atoms with Crippen LogP contribution in [0.25, 0.3) is 10.9 Å². The van der Waals surface area contributed by atoms with Crippen molar-refractivity contribution in [3.63, 3.8) is 0 Å². The van der Waals surface area contributed by atoms with E-state index in [9.17, 15) is 5.21 Å². The molecule has 0 bridgehead atoms. The Kier molecular flexibility index (Phi) is 3.13. The van der Waals surface area contributed by atoms with Crippen molar-refractivity contribution in [1.82, 2.24) is 10.5 Å². The van der Waals surface area contributed by atoms with Gasteiger partial charge in [0.2, 0.25) is 0 Å². The molecule has 0 fully saturated rings. The molecule has 112 valence electrons. The fraction of sp³-hybridized carbons (Fsp3) is 0.222. The van der Waals surface area contributed by atoms with Gasteiger partial charge >= 0.3 is 0 Å². The molecule has 4 heteroatoms. The number of aromatic amines is 1. The highest BCUT2D eigenvalue weighted by molar-refractivity contribution is 5.85. The number of hydrogen-bond acceptors (Lipinski definition) is 3. The van der Waals surface area contributed by atoms with Crippen LogP contribution in [0.15, 0.2) is 48.5 Å². The number of para-hydroxylation sites is 2. The van der Waals surface area contributed by atoms with Gasteiger partial charge in [-0.1, -0.05) is 36.4 Å². The third-order valence-electron chi connectivity index (χ3n) is 4.65. The third-order valence-corrected chi connectivity index (χ3v) is 4.65. The molecule has 3 N–H and O–H groups in total. The number of nitrogens with one attached hydrogen (secondary N) is 2. The zero-order valence-electron chi connectivity index (χ0n) is 12.5. The van der Waals surface area contributed by atoms with Crippen LogP contribution >= 0.6 is 0 Å². The number of aryl methyl sites for hydroxylation is 2. The lowest BCUT2D eigenvalue weighted by molar-refractivity contribution is 0.124. The van der Waals surface area contributed by atoms with E-state index >= 15 is 0 Å². The SMILES string of the molecule is CN1c2ccccc2CCc2c([nH]c3ccccc23)C1NO. The summed E-state index contributed by atoms with van der Waals surface area (Å²) in [6.45, 7) is 0. The number of hydroxylamine groups is 1. The molecule has 2 heterocycles. The molecular weight excluding hydrogens is 274 g/mol. The number of rotatable bonds is 1. The number of anilines is 1. The number of fused-ring (bicyclic) bond motifs is 4. The van der Waals surface area contributed by atoms with Gasteiger partial charge in [-0.15, -0.1) is 0 Å². The molecule has 4 nitrogen and oxygen atoms in total. The molecule has 1 unspecified atom stereocenters. The highest BCUT2D eigenvalue weighted by Crippen LogP contribution is 2.35. The van der Waals surface area contributed by atoms with E-state index in [4.69, 9.17) is 0 Å². The number of nitrogens with zero attached hydrogens (tertiary/aromatic N) is 1. The zero-order valence-corrected chi connectivity index (χ0v) is 12.5. The Labute approximate surface area is 129 Å². The molecule has 0 aliphatic carbocycles. The Hall–Kier alpha value is -2.30. The molecular formula is C18H19N3O. The molecule has 0 amide bonds. The molecule has 1 aliphatic rings. The first-order chi connectivity index (χ1) is 10.8. The molecule has 4 rings (SSSR count). The van der Waals surface area contributed by atoms with Crippen LogP contribution in [0.1, 0.15) is 23.0 Å². The summed E-state index contributed by atoms with van der Waals surface area (Å²) < 4.78 is 0. The zero-order chi connectivity index (χ0) is 15.1. The first-order valence-corrected chi connectivity index (χ1v) is 7.59. The Bertz CT molecular complexity index is 824. The van der Waals surface area contributed by atoms with Crippen LogP contribution in [0.4, 0.5) is 5.69 Å². The van der Waals surface area contributed by atoms with E-state index in [1.54, 1.807) is 0 Å². The van der Waals surface area contributed by atoms with Crippen molar-refractivity contribution in [3.05, 3.63) is 65.4 Å². The van der Waals surface area contributed by atoms with Gasteiger partial charge in [0.1, 0.15) is 6.17 Å². The number of benzene rings is 2. The van der Waals surface area contributed by atoms with E-state index in [0.717, 1.165) is 29.7 Å². The fourth-order valence-corrected chi connectivity index (χ4v) is 3.53. The summed E-state index contributed by atoms with van der Waals surface area (Å²) in [5.74, 6) is 0. The van der Waals surface area contributed by atoms with Crippen LogP contribution in [0.2, 0.25) is 0 Å². The van der Waals surface area contributed by atoms with Crippen LogP contribution in [-0.4, -0.2) is 17.2 Å². The maximum Gasteiger partial charge on any atom is 0.143 e. The van der Waals surface area contributed by atoms with E-state index < -0.39 is 0 Å². The van der Waals surface area contributed by atoms with Crippen molar-refractivity contribution in [3.8, 4) is 0 Å². The summed E-state index contributed by atoms with van der Waals surface area (Å²) in [7, 11) is 2.01. The minimum absolute atomic E-state index is 0.288. The van der Waals surface area contributed by atoms with Crippen LogP contribution in [0, 0.1) is 0 Å². The second-order valence-electron chi connectivity index (χ2n) is 5.83. The van der Waals surface area contributed by atoms with Gasteiger partial charge < -0.3 is 15.1 Å². The summed E-state index contributed by atoms with van der Waals surface area (Å²) in [5.41, 5.74) is 8.37. The van der Waals surface area contributed by atoms with Crippen LogP contribution in [-0.2, 0) is 12.8 Å². The molecule has 0 saturated carbocycles. The summed E-state index contributed by atoms with van der Waals surface area (Å²) >= 11 is 0. The third kappa shape index (κ3) is 1.92. The van der Waals surface area contributed by atoms with Gasteiger partial charge in [0.15, 0.2) is 0 Å². The quantitative estimate of drug-likeness (QED) is 0.603. The summed E-state index contributed by atoms with van der Waals surface area (Å²) in [6, 6.07) is 16.7. The lowest BCUT2D eigenvalue weighted by Gasteiger charge is -2.32. The monoisotopic (exact) mass is 293 g/mol. The summed E-state index contributed by atoms with van der Waals surface area (Å²) in [5, 5.41) is 11.0. The van der Waals surface area contributed by atoms with Gasteiger partial charge in [-0.25, -0.2) is 0 Å². The molecule has 3 aromatic rings. The molecule has 0 spiro atoms. The largest absolute Gasteiger partial charge is 0.355 e. The molecule has 1 atom stereocenters. The van der Waals surface area contributed by atoms with Crippen molar-refractivity contribution in [1.29, 1.82) is 0 Å². The van der Waals surface area contributed by atoms with Crippen molar-refractivity contribution < 1.29 is 5.21 Å². The highest BCUT2D eigenvalue weighted by Gasteiger charge is 2.26. The first-order valence-electron chi connectivity index (χ1n) is 7.59. The van der Waals surface area contributed by atoms with Gasteiger partial charge in [-0.05, 0) is 36.1 Å². The molecule has 0 radical (unpaired) electrons. The minimum Gasteiger partial charge on any atom is -0.355 e. The molecule has 1 aliphatic heterocycles. The molecule has 22 heavy (non-hydrogen) atoms. The Morgan fingerprint density at radius 1 is 1.09 bits per heavy atom. The lowest BCUT2D eigenvalue weighted by atomic mass is 9.96. The van der Waals surface area contributed by atoms with Gasteiger partial charge in [-0.2, -0.15) is 5.48 Å². The van der Waals surface area contributed by atoms with Crippen LogP contribution in [0.3, 0.4) is 0 Å². The molecule has 2 aromatic carbocycles. The van der Waals surface area contributed by atoms with E-state index in [1.807, 2.05) is 19.2 Å². The van der Waals surface area contributed by atoms with Crippen molar-refractivity contribution in [2.24, 2.45) is 0 Å². The Morgan fingerprint density at radius 2 is 1.86 bits per heavy atom. The normalized spacial score (nSPS) is 17.7. The average molecular weight is 293 g/mol. The van der Waals surface area contributed by atoms with Gasteiger partial charge in [0, 0.05) is 23.6 Å². The van der Waals surface area contributed by atoms with Crippen molar-refractivity contribution >= 4 is 16.6 Å². The van der Waals surface area contributed by atoms with Crippen LogP contribution in [0.5, 0.6) is 0 Å². The lowest BCUT2D eigenvalue weighted by Crippen LogP contribution is -2.36. The van der Waals surface area contributed by atoms with Gasteiger partial charge in [0.25, 0.3) is 0 Å². The minimum atomic E-state index is -0.288. The Morgan fingerprint density at radius 3 is 2.73 bits per heavy atom. The van der Waals surface area contributed by atoms with E-state index in [2.05, 4.69) is 51.8 Å². The second-order valence-corrected chi connectivity index (χ2v) is 5.83. The van der Waals surface area contributed by atoms with E-state index in [0.29, 0.717) is 0 Å². The molecule has 0 saturated heterocycles.